The summed E-state index contributed by atoms with van der Waals surface area (Å²) in [6.07, 6.45) is 4.77. The second-order valence-electron chi connectivity index (χ2n) is 7.87. The van der Waals surface area contributed by atoms with Crippen LogP contribution >= 0.6 is 11.3 Å². The number of H-pyrrole nitrogens is 1. The Bertz CT molecular complexity index is 1280. The normalized spacial score (nSPS) is 13.9. The lowest BCUT2D eigenvalue weighted by Gasteiger charge is -2.14. The van der Waals surface area contributed by atoms with E-state index in [-0.39, 0.29) is 18.0 Å². The van der Waals surface area contributed by atoms with Crippen LogP contribution in [0.1, 0.15) is 40.9 Å². The topological polar surface area (TPSA) is 111 Å². The van der Waals surface area contributed by atoms with Crippen molar-refractivity contribution in [3.63, 3.8) is 0 Å². The van der Waals surface area contributed by atoms with Crippen molar-refractivity contribution >= 4 is 33.3 Å². The van der Waals surface area contributed by atoms with Crippen LogP contribution in [0.4, 0.5) is 5.95 Å². The van der Waals surface area contributed by atoms with E-state index in [1.54, 1.807) is 7.11 Å². The molecule has 5 rings (SSSR count). The number of thiophene rings is 1. The number of aromatic nitrogens is 4. The number of tetrazole rings is 1. The van der Waals surface area contributed by atoms with Gasteiger partial charge in [-0.1, -0.05) is 11.2 Å². The SMILES string of the molecule is COc1cc2c(Oc3cccc(OC4CCCC4)c3)c(C(=O)Nc3nn[nH]n3)sc2cc1C. The van der Waals surface area contributed by atoms with Crippen molar-refractivity contribution in [3.8, 4) is 23.0 Å². The highest BCUT2D eigenvalue weighted by atomic mass is 32.1. The molecular formula is C23H23N5O4S. The van der Waals surface area contributed by atoms with Gasteiger partial charge in [0.15, 0.2) is 5.75 Å². The second kappa shape index (κ2) is 9.07. The molecule has 0 unspecified atom stereocenters. The van der Waals surface area contributed by atoms with Gasteiger partial charge in [0.25, 0.3) is 11.9 Å². The van der Waals surface area contributed by atoms with Gasteiger partial charge in [-0.25, -0.2) is 0 Å². The number of ether oxygens (including phenoxy) is 3. The van der Waals surface area contributed by atoms with Crippen molar-refractivity contribution in [3.05, 3.63) is 46.8 Å². The van der Waals surface area contributed by atoms with Gasteiger partial charge >= 0.3 is 0 Å². The van der Waals surface area contributed by atoms with Gasteiger partial charge in [0.1, 0.15) is 22.1 Å². The summed E-state index contributed by atoms with van der Waals surface area (Å²) in [6.45, 7) is 1.96. The van der Waals surface area contributed by atoms with E-state index in [1.807, 2.05) is 43.3 Å². The maximum atomic E-state index is 13.1. The van der Waals surface area contributed by atoms with E-state index in [1.165, 1.54) is 24.2 Å². The molecule has 1 fully saturated rings. The third-order valence-corrected chi connectivity index (χ3v) is 6.70. The molecule has 1 saturated carbocycles. The fraction of sp³-hybridized carbons (Fsp3) is 0.304. The van der Waals surface area contributed by atoms with Gasteiger partial charge in [0.05, 0.1) is 13.2 Å². The Balaban J connectivity index is 1.51. The van der Waals surface area contributed by atoms with Crippen LogP contribution in [0.3, 0.4) is 0 Å². The molecule has 10 heteroatoms. The zero-order valence-corrected chi connectivity index (χ0v) is 19.1. The first-order chi connectivity index (χ1) is 16.1. The number of nitrogens with one attached hydrogen (secondary N) is 2. The third-order valence-electron chi connectivity index (χ3n) is 5.57. The minimum absolute atomic E-state index is 0.0872. The average Bonchev–Trinajstić information content (AvgIpc) is 3.56. The van der Waals surface area contributed by atoms with Gasteiger partial charge in [-0.3, -0.25) is 10.1 Å². The number of amides is 1. The summed E-state index contributed by atoms with van der Waals surface area (Å²) in [5.41, 5.74) is 0.967. The molecule has 33 heavy (non-hydrogen) atoms. The number of methoxy groups -OCH3 is 1. The molecular weight excluding hydrogens is 442 g/mol. The first-order valence-corrected chi connectivity index (χ1v) is 11.5. The van der Waals surface area contributed by atoms with E-state index in [9.17, 15) is 4.79 Å². The third kappa shape index (κ3) is 4.47. The molecule has 0 aliphatic heterocycles. The quantitative estimate of drug-likeness (QED) is 0.391. The molecule has 2 N–H and O–H groups in total. The Hall–Kier alpha value is -3.66. The molecule has 170 valence electrons. The number of fused-ring (bicyclic) bond motifs is 1. The number of hydrogen-bond donors (Lipinski definition) is 2. The van der Waals surface area contributed by atoms with Crippen LogP contribution < -0.4 is 19.5 Å². The fourth-order valence-electron chi connectivity index (χ4n) is 3.97. The van der Waals surface area contributed by atoms with Gasteiger partial charge in [-0.15, -0.1) is 16.4 Å². The Morgan fingerprint density at radius 1 is 1.18 bits per heavy atom. The number of aryl methyl sites for hydroxylation is 1. The fourth-order valence-corrected chi connectivity index (χ4v) is 5.08. The average molecular weight is 466 g/mol. The van der Waals surface area contributed by atoms with Gasteiger partial charge in [-0.2, -0.15) is 5.21 Å². The highest BCUT2D eigenvalue weighted by molar-refractivity contribution is 7.21. The van der Waals surface area contributed by atoms with Crippen LogP contribution in [0.15, 0.2) is 36.4 Å². The van der Waals surface area contributed by atoms with Crippen molar-refractivity contribution in [2.45, 2.75) is 38.7 Å². The zero-order chi connectivity index (χ0) is 22.8. The van der Waals surface area contributed by atoms with Crippen molar-refractivity contribution in [1.29, 1.82) is 0 Å². The van der Waals surface area contributed by atoms with Gasteiger partial charge < -0.3 is 14.2 Å². The minimum Gasteiger partial charge on any atom is -0.496 e. The van der Waals surface area contributed by atoms with E-state index >= 15 is 0 Å². The molecule has 1 aliphatic rings. The molecule has 1 amide bonds. The number of carbonyl (C=O) groups is 1. The van der Waals surface area contributed by atoms with Crippen molar-refractivity contribution in [2.24, 2.45) is 0 Å². The van der Waals surface area contributed by atoms with Crippen LogP contribution in [-0.2, 0) is 0 Å². The van der Waals surface area contributed by atoms with Crippen molar-refractivity contribution < 1.29 is 19.0 Å². The summed E-state index contributed by atoms with van der Waals surface area (Å²) in [6, 6.07) is 11.4. The number of anilines is 1. The molecule has 1 aliphatic carbocycles. The van der Waals surface area contributed by atoms with E-state index in [0.29, 0.717) is 22.1 Å². The van der Waals surface area contributed by atoms with E-state index in [0.717, 1.165) is 34.2 Å². The Morgan fingerprint density at radius 3 is 2.76 bits per heavy atom. The van der Waals surface area contributed by atoms with E-state index < -0.39 is 0 Å². The lowest BCUT2D eigenvalue weighted by Crippen LogP contribution is -2.12. The standard InChI is InChI=1S/C23H23N5O4S/c1-13-10-19-17(12-18(13)30-2)20(21(33-19)22(29)24-23-25-27-28-26-23)32-16-9-5-8-15(11-16)31-14-6-3-4-7-14/h5,8-12,14H,3-4,6-7H2,1-2H3,(H2,24,25,26,27,28,29). The highest BCUT2D eigenvalue weighted by Gasteiger charge is 2.23. The van der Waals surface area contributed by atoms with E-state index in [2.05, 4.69) is 25.9 Å². The number of rotatable bonds is 7. The van der Waals surface area contributed by atoms with Crippen LogP contribution in [0.25, 0.3) is 10.1 Å². The maximum Gasteiger partial charge on any atom is 0.272 e. The molecule has 2 aromatic carbocycles. The Kier molecular flexibility index (Phi) is 5.82. The molecule has 2 aromatic heterocycles. The predicted octanol–water partition coefficient (Wildman–Crippen LogP) is 5.10. The summed E-state index contributed by atoms with van der Waals surface area (Å²) in [5.74, 6) is 2.19. The number of carbonyl (C=O) groups excluding carboxylic acids is 1. The summed E-state index contributed by atoms with van der Waals surface area (Å²) >= 11 is 1.33. The van der Waals surface area contributed by atoms with Gasteiger partial charge in [-0.05, 0) is 67.6 Å². The summed E-state index contributed by atoms with van der Waals surface area (Å²) < 4.78 is 18.8. The number of hydrogen-bond acceptors (Lipinski definition) is 8. The van der Waals surface area contributed by atoms with Crippen molar-refractivity contribution in [1.82, 2.24) is 20.6 Å². The second-order valence-corrected chi connectivity index (χ2v) is 8.92. The molecule has 0 spiro atoms. The van der Waals surface area contributed by atoms with Crippen LogP contribution in [0.2, 0.25) is 0 Å². The van der Waals surface area contributed by atoms with Gasteiger partial charge in [0.2, 0.25) is 0 Å². The molecule has 0 atom stereocenters. The summed E-state index contributed by atoms with van der Waals surface area (Å²) in [5, 5.41) is 16.8. The first-order valence-electron chi connectivity index (χ1n) is 10.7. The summed E-state index contributed by atoms with van der Waals surface area (Å²) in [7, 11) is 1.62. The highest BCUT2D eigenvalue weighted by Crippen LogP contribution is 2.43. The molecule has 9 nitrogen and oxygen atoms in total. The van der Waals surface area contributed by atoms with Crippen LogP contribution in [0.5, 0.6) is 23.0 Å². The molecule has 4 aromatic rings. The first kappa shape index (κ1) is 21.2. The van der Waals surface area contributed by atoms with E-state index in [4.69, 9.17) is 14.2 Å². The molecule has 2 heterocycles. The Labute approximate surface area is 194 Å². The largest absolute Gasteiger partial charge is 0.496 e. The number of benzene rings is 2. The zero-order valence-electron chi connectivity index (χ0n) is 18.3. The monoisotopic (exact) mass is 465 g/mol. The van der Waals surface area contributed by atoms with Crippen LogP contribution in [0, 0.1) is 6.92 Å². The predicted molar refractivity (Wildman–Crippen MR) is 125 cm³/mol. The van der Waals surface area contributed by atoms with Crippen molar-refractivity contribution in [2.75, 3.05) is 12.4 Å². The van der Waals surface area contributed by atoms with Gasteiger partial charge in [0, 0.05) is 16.2 Å². The van der Waals surface area contributed by atoms with Crippen LogP contribution in [-0.4, -0.2) is 39.7 Å². The number of nitrogens with zero attached hydrogens (tertiary/aromatic N) is 3. The molecule has 0 saturated heterocycles. The maximum absolute atomic E-state index is 13.1. The minimum atomic E-state index is -0.386. The number of aromatic amines is 1. The molecule has 0 radical (unpaired) electrons. The summed E-state index contributed by atoms with van der Waals surface area (Å²) in [4.78, 5) is 13.5. The molecule has 0 bridgehead atoms. The lowest BCUT2D eigenvalue weighted by atomic mass is 10.1. The smallest absolute Gasteiger partial charge is 0.272 e. The Morgan fingerprint density at radius 2 is 2.00 bits per heavy atom. The lowest BCUT2D eigenvalue weighted by molar-refractivity contribution is 0.102.